The molecule has 0 saturated heterocycles. The van der Waals surface area contributed by atoms with Gasteiger partial charge in [-0.3, -0.25) is 9.59 Å². The molecule has 1 atom stereocenters. The highest BCUT2D eigenvalue weighted by Crippen LogP contribution is 1.84. The lowest BCUT2D eigenvalue weighted by Gasteiger charge is -2.10. The van der Waals surface area contributed by atoms with E-state index in [9.17, 15) is 14.4 Å². The lowest BCUT2D eigenvalue weighted by Crippen LogP contribution is -2.46. The molecule has 0 heterocycles. The standard InChI is InChI=1S/C8H14N2O4/c1-4-14-8(13)7(12)10-5(2)6(11)9-3/h5H,4H2,1-3H3,(H,9,11)(H,10,12). The molecule has 0 aromatic carbocycles. The fourth-order valence-electron chi connectivity index (χ4n) is 0.734. The van der Waals surface area contributed by atoms with Crippen LogP contribution in [0.4, 0.5) is 0 Å². The molecule has 0 aromatic heterocycles. The van der Waals surface area contributed by atoms with Gasteiger partial charge in [-0.1, -0.05) is 0 Å². The minimum absolute atomic E-state index is 0.126. The Kier molecular flexibility index (Phi) is 5.28. The molecule has 0 aliphatic rings. The Morgan fingerprint density at radius 1 is 1.36 bits per heavy atom. The topological polar surface area (TPSA) is 84.5 Å². The van der Waals surface area contributed by atoms with Crippen molar-refractivity contribution in [2.45, 2.75) is 19.9 Å². The van der Waals surface area contributed by atoms with Crippen molar-refractivity contribution in [3.05, 3.63) is 0 Å². The Balaban J connectivity index is 4.05. The van der Waals surface area contributed by atoms with E-state index in [1.165, 1.54) is 14.0 Å². The fraction of sp³-hybridized carbons (Fsp3) is 0.625. The number of amides is 2. The van der Waals surface area contributed by atoms with Gasteiger partial charge in [0.1, 0.15) is 6.04 Å². The molecule has 6 heteroatoms. The molecule has 0 spiro atoms. The number of carbonyl (C=O) groups excluding carboxylic acids is 3. The number of ether oxygens (including phenoxy) is 1. The molecule has 0 aliphatic heterocycles. The average Bonchev–Trinajstić information content (AvgIpc) is 2.16. The summed E-state index contributed by atoms with van der Waals surface area (Å²) < 4.78 is 4.44. The van der Waals surface area contributed by atoms with Gasteiger partial charge in [-0.2, -0.15) is 0 Å². The summed E-state index contributed by atoms with van der Waals surface area (Å²) in [6, 6.07) is -0.753. The van der Waals surface area contributed by atoms with Crippen molar-refractivity contribution in [3.8, 4) is 0 Å². The summed E-state index contributed by atoms with van der Waals surface area (Å²) in [6.07, 6.45) is 0. The normalized spacial score (nSPS) is 11.4. The minimum Gasteiger partial charge on any atom is -0.459 e. The van der Waals surface area contributed by atoms with Gasteiger partial charge in [0, 0.05) is 7.05 Å². The number of rotatable bonds is 3. The lowest BCUT2D eigenvalue weighted by molar-refractivity contribution is -0.155. The van der Waals surface area contributed by atoms with Crippen LogP contribution in [0, 0.1) is 0 Å². The van der Waals surface area contributed by atoms with Crippen LogP contribution in [0.3, 0.4) is 0 Å². The number of carbonyl (C=O) groups is 3. The Bertz CT molecular complexity index is 239. The quantitative estimate of drug-likeness (QED) is 0.444. The van der Waals surface area contributed by atoms with Gasteiger partial charge in [-0.05, 0) is 13.8 Å². The van der Waals surface area contributed by atoms with Gasteiger partial charge in [0.2, 0.25) is 5.91 Å². The van der Waals surface area contributed by atoms with E-state index in [2.05, 4.69) is 15.4 Å². The first kappa shape index (κ1) is 12.4. The van der Waals surface area contributed by atoms with Gasteiger partial charge < -0.3 is 15.4 Å². The number of hydrogen-bond donors (Lipinski definition) is 2. The molecule has 0 saturated carbocycles. The largest absolute Gasteiger partial charge is 0.459 e. The molecule has 6 nitrogen and oxygen atoms in total. The summed E-state index contributed by atoms with van der Waals surface area (Å²) in [7, 11) is 1.44. The van der Waals surface area contributed by atoms with Gasteiger partial charge in [0.15, 0.2) is 0 Å². The van der Waals surface area contributed by atoms with Crippen molar-refractivity contribution < 1.29 is 19.1 Å². The zero-order chi connectivity index (χ0) is 11.1. The lowest BCUT2D eigenvalue weighted by atomic mass is 10.3. The van der Waals surface area contributed by atoms with Crippen molar-refractivity contribution >= 4 is 17.8 Å². The van der Waals surface area contributed by atoms with Gasteiger partial charge in [-0.15, -0.1) is 0 Å². The van der Waals surface area contributed by atoms with E-state index in [0.717, 1.165) is 0 Å². The molecule has 14 heavy (non-hydrogen) atoms. The molecule has 0 aromatic rings. The second-order valence-electron chi connectivity index (χ2n) is 2.53. The van der Waals surface area contributed by atoms with Crippen LogP contribution in [0.5, 0.6) is 0 Å². The van der Waals surface area contributed by atoms with Crippen LogP contribution in [0.15, 0.2) is 0 Å². The number of esters is 1. The molecular formula is C8H14N2O4. The summed E-state index contributed by atoms with van der Waals surface area (Å²) >= 11 is 0. The van der Waals surface area contributed by atoms with E-state index in [0.29, 0.717) is 0 Å². The smallest absolute Gasteiger partial charge is 0.396 e. The highest BCUT2D eigenvalue weighted by Gasteiger charge is 2.20. The molecule has 80 valence electrons. The van der Waals surface area contributed by atoms with Crippen LogP contribution in [0.2, 0.25) is 0 Å². The van der Waals surface area contributed by atoms with Gasteiger partial charge >= 0.3 is 11.9 Å². The summed E-state index contributed by atoms with van der Waals surface area (Å²) in [6.45, 7) is 3.18. The first-order valence-corrected chi connectivity index (χ1v) is 4.22. The number of nitrogens with one attached hydrogen (secondary N) is 2. The highest BCUT2D eigenvalue weighted by molar-refractivity contribution is 6.32. The van der Waals surface area contributed by atoms with E-state index in [4.69, 9.17) is 0 Å². The molecule has 0 fully saturated rings. The molecule has 0 bridgehead atoms. The Hall–Kier alpha value is -1.59. The molecule has 1 unspecified atom stereocenters. The monoisotopic (exact) mass is 202 g/mol. The van der Waals surface area contributed by atoms with Crippen LogP contribution in [-0.2, 0) is 19.1 Å². The summed E-state index contributed by atoms with van der Waals surface area (Å²) in [5.41, 5.74) is 0. The summed E-state index contributed by atoms with van der Waals surface area (Å²) in [4.78, 5) is 32.8. The maximum absolute atomic E-state index is 11.0. The molecule has 0 radical (unpaired) electrons. The van der Waals surface area contributed by atoms with Gasteiger partial charge in [-0.25, -0.2) is 4.79 Å². The van der Waals surface area contributed by atoms with Gasteiger partial charge in [0.05, 0.1) is 6.61 Å². The van der Waals surface area contributed by atoms with Crippen LogP contribution in [-0.4, -0.2) is 37.5 Å². The van der Waals surface area contributed by atoms with E-state index in [1.54, 1.807) is 6.92 Å². The molecule has 2 N–H and O–H groups in total. The van der Waals surface area contributed by atoms with Crippen molar-refractivity contribution in [1.82, 2.24) is 10.6 Å². The Morgan fingerprint density at radius 3 is 2.36 bits per heavy atom. The minimum atomic E-state index is -0.983. The SMILES string of the molecule is CCOC(=O)C(=O)NC(C)C(=O)NC. The zero-order valence-corrected chi connectivity index (χ0v) is 8.42. The van der Waals surface area contributed by atoms with E-state index >= 15 is 0 Å². The maximum atomic E-state index is 11.0. The van der Waals surface area contributed by atoms with Crippen LogP contribution < -0.4 is 10.6 Å². The maximum Gasteiger partial charge on any atom is 0.396 e. The molecule has 2 amide bonds. The van der Waals surface area contributed by atoms with Crippen LogP contribution in [0.1, 0.15) is 13.8 Å². The van der Waals surface area contributed by atoms with Crippen molar-refractivity contribution in [1.29, 1.82) is 0 Å². The third-order valence-corrected chi connectivity index (χ3v) is 1.45. The summed E-state index contributed by atoms with van der Waals surface area (Å²) in [5.74, 6) is -2.27. The Labute approximate surface area is 82.0 Å². The van der Waals surface area contributed by atoms with Crippen LogP contribution in [0.25, 0.3) is 0 Å². The van der Waals surface area contributed by atoms with Crippen molar-refractivity contribution in [3.63, 3.8) is 0 Å². The van der Waals surface area contributed by atoms with Gasteiger partial charge in [0.25, 0.3) is 0 Å². The second-order valence-corrected chi connectivity index (χ2v) is 2.53. The van der Waals surface area contributed by atoms with E-state index in [1.807, 2.05) is 0 Å². The van der Waals surface area contributed by atoms with E-state index < -0.39 is 17.9 Å². The van der Waals surface area contributed by atoms with Crippen molar-refractivity contribution in [2.75, 3.05) is 13.7 Å². The number of hydrogen-bond acceptors (Lipinski definition) is 4. The number of likely N-dealkylation sites (N-methyl/N-ethyl adjacent to an activating group) is 1. The first-order valence-electron chi connectivity index (χ1n) is 4.22. The second kappa shape index (κ2) is 5.95. The predicted molar refractivity (Wildman–Crippen MR) is 48.3 cm³/mol. The first-order chi connectivity index (χ1) is 6.52. The molecule has 0 rings (SSSR count). The molecule has 0 aliphatic carbocycles. The van der Waals surface area contributed by atoms with Crippen molar-refractivity contribution in [2.24, 2.45) is 0 Å². The highest BCUT2D eigenvalue weighted by atomic mass is 16.5. The third-order valence-electron chi connectivity index (χ3n) is 1.45. The third kappa shape index (κ3) is 3.88. The Morgan fingerprint density at radius 2 is 1.93 bits per heavy atom. The molecular weight excluding hydrogens is 188 g/mol. The average molecular weight is 202 g/mol. The summed E-state index contributed by atoms with van der Waals surface area (Å²) in [5, 5.41) is 4.52. The zero-order valence-electron chi connectivity index (χ0n) is 8.42. The fourth-order valence-corrected chi connectivity index (χ4v) is 0.734. The van der Waals surface area contributed by atoms with E-state index in [-0.39, 0.29) is 12.5 Å². The van der Waals surface area contributed by atoms with Crippen LogP contribution >= 0.6 is 0 Å². The predicted octanol–water partition coefficient (Wildman–Crippen LogP) is -1.20.